The van der Waals surface area contributed by atoms with Gasteiger partial charge in [0.1, 0.15) is 0 Å². The van der Waals surface area contributed by atoms with Crippen LogP contribution in [0.2, 0.25) is 0 Å². The Balaban J connectivity index is 0.000000181. The van der Waals surface area contributed by atoms with Crippen molar-refractivity contribution < 1.29 is 9.47 Å². The van der Waals surface area contributed by atoms with Crippen molar-refractivity contribution >= 4 is 31.9 Å². The molecule has 2 aromatic carbocycles. The van der Waals surface area contributed by atoms with E-state index in [2.05, 4.69) is 94.2 Å². The van der Waals surface area contributed by atoms with Crippen LogP contribution in [0, 0.1) is 11.8 Å². The zero-order valence-electron chi connectivity index (χ0n) is 19.6. The molecule has 4 heteroatoms. The minimum Gasteiger partial charge on any atom is -0.373 e. The Morgan fingerprint density at radius 1 is 0.625 bits per heavy atom. The van der Waals surface area contributed by atoms with Crippen LogP contribution in [0.1, 0.15) is 88.5 Å². The molecule has 0 bridgehead atoms. The van der Waals surface area contributed by atoms with Crippen LogP contribution in [-0.2, 0) is 9.47 Å². The van der Waals surface area contributed by atoms with Gasteiger partial charge in [-0.1, -0.05) is 82.8 Å². The monoisotopic (exact) mass is 564 g/mol. The molecule has 0 spiro atoms. The summed E-state index contributed by atoms with van der Waals surface area (Å²) in [7, 11) is 0. The standard InChI is InChI=1S/2C14H19BrO/c2*1-2-3-11-4-9-14(16-10-11)12-5-7-13(15)8-6-12/h2*5-8,11,14H,2-4,9-10H2,1H3/t2*11-,14+/m10/s1. The molecule has 4 rings (SSSR count). The summed E-state index contributed by atoms with van der Waals surface area (Å²) in [4.78, 5) is 0. The Kier molecular flexibility index (Phi) is 11.3. The second-order valence-electron chi connectivity index (χ2n) is 9.21. The number of hydrogen-bond acceptors (Lipinski definition) is 2. The maximum atomic E-state index is 5.95. The molecule has 0 aliphatic carbocycles. The summed E-state index contributed by atoms with van der Waals surface area (Å²) in [5.74, 6) is 1.58. The maximum absolute atomic E-state index is 5.95. The van der Waals surface area contributed by atoms with Crippen LogP contribution in [0.15, 0.2) is 57.5 Å². The topological polar surface area (TPSA) is 18.5 Å². The van der Waals surface area contributed by atoms with Crippen molar-refractivity contribution in [2.45, 2.75) is 77.4 Å². The van der Waals surface area contributed by atoms with Crippen LogP contribution in [0.5, 0.6) is 0 Å². The van der Waals surface area contributed by atoms with E-state index in [0.717, 1.165) is 34.0 Å². The smallest absolute Gasteiger partial charge is 0.0825 e. The normalized spacial score (nSPS) is 25.6. The largest absolute Gasteiger partial charge is 0.373 e. The second-order valence-corrected chi connectivity index (χ2v) is 11.0. The van der Waals surface area contributed by atoms with Gasteiger partial charge in [0.2, 0.25) is 0 Å². The quantitative estimate of drug-likeness (QED) is 0.347. The van der Waals surface area contributed by atoms with E-state index in [1.54, 1.807) is 0 Å². The number of ether oxygens (including phenoxy) is 2. The molecule has 0 radical (unpaired) electrons. The fourth-order valence-corrected chi connectivity index (χ4v) is 5.29. The molecule has 2 saturated heterocycles. The van der Waals surface area contributed by atoms with E-state index in [1.165, 1.54) is 62.5 Å². The molecule has 0 N–H and O–H groups in total. The molecule has 2 fully saturated rings. The second kappa shape index (κ2) is 13.9. The number of rotatable bonds is 6. The zero-order valence-corrected chi connectivity index (χ0v) is 22.7. The first-order valence-corrected chi connectivity index (χ1v) is 13.9. The van der Waals surface area contributed by atoms with Gasteiger partial charge in [-0.3, -0.25) is 0 Å². The molecule has 0 amide bonds. The SMILES string of the molecule is CCC[C@@H]1CC[C@@H](c2ccc(Br)cc2)OC1.CCC[C@H]1CC[C@H](c2ccc(Br)cc2)OC1. The lowest BCUT2D eigenvalue weighted by Crippen LogP contribution is -2.20. The Hall–Kier alpha value is -0.680. The summed E-state index contributed by atoms with van der Waals surface area (Å²) in [6, 6.07) is 17.0. The minimum atomic E-state index is 0.321. The molecule has 2 nitrogen and oxygen atoms in total. The summed E-state index contributed by atoms with van der Waals surface area (Å²) in [6.07, 6.45) is 10.8. The number of hydrogen-bond donors (Lipinski definition) is 0. The highest BCUT2D eigenvalue weighted by molar-refractivity contribution is 9.10. The van der Waals surface area contributed by atoms with Crippen LogP contribution >= 0.6 is 31.9 Å². The first-order chi connectivity index (χ1) is 15.6. The van der Waals surface area contributed by atoms with E-state index in [4.69, 9.17) is 9.47 Å². The molecule has 0 aromatic heterocycles. The lowest BCUT2D eigenvalue weighted by atomic mass is 9.92. The third-order valence-corrected chi connectivity index (χ3v) is 7.68. The molecule has 4 atom stereocenters. The highest BCUT2D eigenvalue weighted by Gasteiger charge is 2.23. The van der Waals surface area contributed by atoms with Crippen molar-refractivity contribution in [1.82, 2.24) is 0 Å². The van der Waals surface area contributed by atoms with E-state index in [-0.39, 0.29) is 0 Å². The van der Waals surface area contributed by atoms with Gasteiger partial charge >= 0.3 is 0 Å². The highest BCUT2D eigenvalue weighted by Crippen LogP contribution is 2.33. The van der Waals surface area contributed by atoms with Crippen molar-refractivity contribution in [2.75, 3.05) is 13.2 Å². The fraction of sp³-hybridized carbons (Fsp3) is 0.571. The summed E-state index contributed by atoms with van der Waals surface area (Å²) in [6.45, 7) is 6.38. The van der Waals surface area contributed by atoms with Crippen molar-refractivity contribution in [3.05, 3.63) is 68.6 Å². The molecular weight excluding hydrogens is 528 g/mol. The molecule has 0 unspecified atom stereocenters. The van der Waals surface area contributed by atoms with Gasteiger partial charge in [0, 0.05) is 8.95 Å². The summed E-state index contributed by atoms with van der Waals surface area (Å²) >= 11 is 6.92. The van der Waals surface area contributed by atoms with Gasteiger partial charge in [0.05, 0.1) is 25.4 Å². The number of halogens is 2. The van der Waals surface area contributed by atoms with Gasteiger partial charge in [-0.05, 0) is 85.8 Å². The molecule has 32 heavy (non-hydrogen) atoms. The third kappa shape index (κ3) is 8.27. The fourth-order valence-electron chi connectivity index (χ4n) is 4.76. The summed E-state index contributed by atoms with van der Waals surface area (Å²) in [5.41, 5.74) is 2.64. The summed E-state index contributed by atoms with van der Waals surface area (Å²) < 4.78 is 14.2. The lowest BCUT2D eigenvalue weighted by molar-refractivity contribution is -0.0195. The Morgan fingerprint density at radius 2 is 1.00 bits per heavy atom. The molecular formula is C28H38Br2O2. The van der Waals surface area contributed by atoms with Gasteiger partial charge in [-0.2, -0.15) is 0 Å². The number of benzene rings is 2. The first-order valence-electron chi connectivity index (χ1n) is 12.3. The van der Waals surface area contributed by atoms with Gasteiger partial charge < -0.3 is 9.47 Å². The lowest BCUT2D eigenvalue weighted by Gasteiger charge is -2.29. The van der Waals surface area contributed by atoms with Gasteiger partial charge in [-0.15, -0.1) is 0 Å². The van der Waals surface area contributed by atoms with E-state index in [9.17, 15) is 0 Å². The highest BCUT2D eigenvalue weighted by atomic mass is 79.9. The van der Waals surface area contributed by atoms with Gasteiger partial charge in [-0.25, -0.2) is 0 Å². The van der Waals surface area contributed by atoms with Crippen molar-refractivity contribution in [2.24, 2.45) is 11.8 Å². The Bertz CT molecular complexity index is 692. The molecule has 2 aromatic rings. The Labute approximate surface area is 211 Å². The van der Waals surface area contributed by atoms with E-state index >= 15 is 0 Å². The Morgan fingerprint density at radius 3 is 1.28 bits per heavy atom. The van der Waals surface area contributed by atoms with Crippen LogP contribution in [0.3, 0.4) is 0 Å². The van der Waals surface area contributed by atoms with E-state index in [0.29, 0.717) is 12.2 Å². The average molecular weight is 566 g/mol. The molecule has 2 aliphatic rings. The van der Waals surface area contributed by atoms with Crippen LogP contribution < -0.4 is 0 Å². The van der Waals surface area contributed by atoms with Gasteiger partial charge in [0.15, 0.2) is 0 Å². The van der Waals surface area contributed by atoms with Crippen LogP contribution in [0.4, 0.5) is 0 Å². The predicted molar refractivity (Wildman–Crippen MR) is 141 cm³/mol. The van der Waals surface area contributed by atoms with E-state index in [1.807, 2.05) is 0 Å². The molecule has 2 heterocycles. The molecule has 176 valence electrons. The van der Waals surface area contributed by atoms with Gasteiger partial charge in [0.25, 0.3) is 0 Å². The third-order valence-electron chi connectivity index (χ3n) is 6.62. The average Bonchev–Trinajstić information content (AvgIpc) is 2.82. The van der Waals surface area contributed by atoms with Crippen molar-refractivity contribution in [3.8, 4) is 0 Å². The van der Waals surface area contributed by atoms with Crippen LogP contribution in [-0.4, -0.2) is 13.2 Å². The predicted octanol–water partition coefficient (Wildman–Crippen LogP) is 9.43. The zero-order chi connectivity index (χ0) is 22.8. The maximum Gasteiger partial charge on any atom is 0.0825 e. The van der Waals surface area contributed by atoms with Crippen LogP contribution in [0.25, 0.3) is 0 Å². The molecule has 0 saturated carbocycles. The van der Waals surface area contributed by atoms with E-state index < -0.39 is 0 Å². The summed E-state index contributed by atoms with van der Waals surface area (Å²) in [5, 5.41) is 0. The van der Waals surface area contributed by atoms with Crippen molar-refractivity contribution in [3.63, 3.8) is 0 Å². The first kappa shape index (κ1) is 25.9. The van der Waals surface area contributed by atoms with Crippen molar-refractivity contribution in [1.29, 1.82) is 0 Å². The molecule has 2 aliphatic heterocycles. The minimum absolute atomic E-state index is 0.321.